The van der Waals surface area contributed by atoms with Crippen LogP contribution in [0.5, 0.6) is 23.0 Å². The van der Waals surface area contributed by atoms with Crippen LogP contribution in [0.25, 0.3) is 22.0 Å². The van der Waals surface area contributed by atoms with Gasteiger partial charge in [-0.15, -0.1) is 0 Å². The summed E-state index contributed by atoms with van der Waals surface area (Å²) in [6.45, 7) is 9.33. The van der Waals surface area contributed by atoms with Gasteiger partial charge in [0.05, 0.1) is 28.9 Å². The van der Waals surface area contributed by atoms with Crippen molar-refractivity contribution in [1.29, 1.82) is 5.26 Å². The third-order valence-corrected chi connectivity index (χ3v) is 14.0. The number of halogens is 5. The van der Waals surface area contributed by atoms with Crippen molar-refractivity contribution in [3.05, 3.63) is 118 Å². The molecule has 3 aromatic carbocycles. The van der Waals surface area contributed by atoms with Gasteiger partial charge in [-0.3, -0.25) is 14.3 Å². The zero-order valence-corrected chi connectivity index (χ0v) is 39.9. The summed E-state index contributed by atoms with van der Waals surface area (Å²) in [4.78, 5) is 40.0. The molecule has 3 N–H and O–H groups in total. The molecule has 8 rings (SSSR count). The van der Waals surface area contributed by atoms with Gasteiger partial charge in [-0.2, -0.15) is 31.2 Å². The number of rotatable bonds is 15. The number of aromatic nitrogens is 4. The Labute approximate surface area is 404 Å². The predicted molar refractivity (Wildman–Crippen MR) is 252 cm³/mol. The molecule has 0 unspecified atom stereocenters. The Bertz CT molecular complexity index is 3150. The van der Waals surface area contributed by atoms with Gasteiger partial charge in [0, 0.05) is 90.1 Å². The molecule has 1 saturated heterocycles. The summed E-state index contributed by atoms with van der Waals surface area (Å²) in [6.07, 6.45) is 6.76. The molecule has 1 saturated carbocycles. The Morgan fingerprint density at radius 3 is 2.34 bits per heavy atom. The number of pyridine rings is 1. The second-order valence-electron chi connectivity index (χ2n) is 18.1. The number of amides is 1. The third-order valence-electron chi connectivity index (χ3n) is 12.6. The highest BCUT2D eigenvalue weighted by atomic mass is 35.5. The molecule has 0 atom stereocenters. The highest BCUT2D eigenvalue weighted by molar-refractivity contribution is 7.93. The molecular weight excluding hydrogens is 960 g/mol. The lowest BCUT2D eigenvalue weighted by atomic mass is 9.49. The molecule has 0 spiro atoms. The highest BCUT2D eigenvalue weighted by Crippen LogP contribution is 2.55. The number of fused-ring (bicyclic) bond motifs is 1. The summed E-state index contributed by atoms with van der Waals surface area (Å²) in [5.41, 5.74) is -6.21. The number of carbonyl (C=O) groups is 1. The average Bonchev–Trinajstić information content (AvgIpc) is 3.82. The van der Waals surface area contributed by atoms with E-state index < -0.39 is 43.4 Å². The molecule has 0 radical (unpaired) electrons. The van der Waals surface area contributed by atoms with Crippen molar-refractivity contribution >= 4 is 50.1 Å². The van der Waals surface area contributed by atoms with Crippen molar-refractivity contribution in [1.82, 2.24) is 24.8 Å². The molecule has 4 heterocycles. The first kappa shape index (κ1) is 49.5. The van der Waals surface area contributed by atoms with Crippen LogP contribution < -0.4 is 34.7 Å². The number of nitriles is 1. The Morgan fingerprint density at radius 1 is 0.971 bits per heavy atom. The maximum absolute atomic E-state index is 15.9. The Kier molecular flexibility index (Phi) is 13.5. The molecule has 1 aliphatic heterocycles. The molecule has 22 heteroatoms. The van der Waals surface area contributed by atoms with Crippen LogP contribution in [0.4, 0.5) is 29.2 Å². The maximum Gasteiger partial charge on any atom is 0.516 e. The highest BCUT2D eigenvalue weighted by Gasteiger charge is 2.64. The number of aryl methyl sites for hydroxylation is 1. The van der Waals surface area contributed by atoms with E-state index in [0.29, 0.717) is 59.2 Å². The SMILES string of the molecule is Cn1cc(-c2cc(NS(=O)(=O)C(F)(F)F)ccc2Oc2cccc(OCCOC3CCN(c4ncc(C(=O)NC5C(C)(C)C(Oc6ccc(C#N)c(Cl)c6)C5(C)C)cn4)CC3)c2F)c2cc[nH]c2c1=O. The van der Waals surface area contributed by atoms with Crippen molar-refractivity contribution in [2.45, 2.75) is 64.3 Å². The van der Waals surface area contributed by atoms with Crippen LogP contribution in [0.3, 0.4) is 0 Å². The monoisotopic (exact) mass is 1010 g/mol. The van der Waals surface area contributed by atoms with E-state index in [2.05, 4.69) is 20.3 Å². The van der Waals surface area contributed by atoms with Crippen LogP contribution >= 0.6 is 11.6 Å². The fraction of sp³-hybridized carbons (Fsp3) is 0.354. The number of nitrogens with zero attached hydrogens (tertiary/aromatic N) is 5. The first-order chi connectivity index (χ1) is 33.1. The topological polar surface area (TPSA) is 203 Å². The first-order valence-corrected chi connectivity index (χ1v) is 23.8. The van der Waals surface area contributed by atoms with E-state index in [1.807, 2.05) is 38.7 Å². The van der Waals surface area contributed by atoms with E-state index in [-0.39, 0.29) is 71.3 Å². The number of nitrogens with one attached hydrogen (secondary N) is 3. The lowest BCUT2D eigenvalue weighted by molar-refractivity contribution is -0.164. The molecular formula is C48H47ClF4N8O8S. The smallest absolute Gasteiger partial charge is 0.489 e. The van der Waals surface area contributed by atoms with E-state index >= 15 is 4.39 Å². The average molecular weight is 1010 g/mol. The molecule has 6 aromatic rings. The third kappa shape index (κ3) is 9.80. The number of benzene rings is 3. The standard InChI is InChI=1S/C48H47ClF4N8O8S/c1-46(2)43(47(3,4)44(46)68-31-11-9-27(23-54)35(49)22-31)58-41(62)28-24-56-45(57-25-28)61-17-14-30(15-18-61)66-19-20-67-37-7-6-8-38(39(37)50)69-36-12-10-29(59-70(64,65)48(51,52)53)21-33(36)34-26-60(5)42(63)40-32(34)13-16-55-40/h6-13,16,21-22,24-26,30,43-44,55,59H,14-15,17-20H2,1-5H3,(H,58,62). The molecule has 3 aromatic heterocycles. The van der Waals surface area contributed by atoms with E-state index in [0.717, 1.165) is 12.1 Å². The lowest BCUT2D eigenvalue weighted by Crippen LogP contribution is -2.74. The first-order valence-electron chi connectivity index (χ1n) is 21.9. The summed E-state index contributed by atoms with van der Waals surface area (Å²) in [5, 5.41) is 13.0. The van der Waals surface area contributed by atoms with E-state index in [4.69, 9.17) is 30.5 Å². The predicted octanol–water partition coefficient (Wildman–Crippen LogP) is 8.72. The van der Waals surface area contributed by atoms with Crippen LogP contribution in [0.1, 0.15) is 56.5 Å². The quantitative estimate of drug-likeness (QED) is 0.0653. The number of aromatic amines is 1. The Morgan fingerprint density at radius 2 is 1.67 bits per heavy atom. The van der Waals surface area contributed by atoms with Gasteiger partial charge in [-0.05, 0) is 61.4 Å². The van der Waals surface area contributed by atoms with Crippen LogP contribution in [-0.4, -0.2) is 83.9 Å². The second-order valence-corrected chi connectivity index (χ2v) is 20.2. The van der Waals surface area contributed by atoms with E-state index in [1.54, 1.807) is 24.3 Å². The number of carbonyl (C=O) groups excluding carboxylic acids is 1. The van der Waals surface area contributed by atoms with Gasteiger partial charge in [0.25, 0.3) is 11.5 Å². The largest absolute Gasteiger partial charge is 0.516 e. The summed E-state index contributed by atoms with van der Waals surface area (Å²) in [6, 6.07) is 15.8. The number of sulfonamides is 1. The molecule has 1 aliphatic carbocycles. The van der Waals surface area contributed by atoms with Gasteiger partial charge >= 0.3 is 15.5 Å². The van der Waals surface area contributed by atoms with Gasteiger partial charge in [0.2, 0.25) is 11.8 Å². The van der Waals surface area contributed by atoms with E-state index in [9.17, 15) is 36.4 Å². The van der Waals surface area contributed by atoms with Crippen molar-refractivity contribution in [2.75, 3.05) is 35.9 Å². The van der Waals surface area contributed by atoms with Gasteiger partial charge in [0.15, 0.2) is 11.5 Å². The van der Waals surface area contributed by atoms with Gasteiger partial charge in [-0.25, -0.2) is 9.97 Å². The minimum atomic E-state index is -5.80. The van der Waals surface area contributed by atoms with Crippen LogP contribution in [0.2, 0.25) is 5.02 Å². The Balaban J connectivity index is 0.838. The summed E-state index contributed by atoms with van der Waals surface area (Å²) in [7, 11) is -4.34. The molecule has 2 fully saturated rings. The molecule has 368 valence electrons. The number of hydrogen-bond donors (Lipinski definition) is 3. The molecule has 2 aliphatic rings. The number of anilines is 2. The number of hydrogen-bond acceptors (Lipinski definition) is 12. The number of ether oxygens (including phenoxy) is 4. The fourth-order valence-electron chi connectivity index (χ4n) is 9.39. The van der Waals surface area contributed by atoms with Gasteiger partial charge in [0.1, 0.15) is 35.8 Å². The number of H-pyrrole nitrogens is 1. The molecule has 1 amide bonds. The Hall–Kier alpha value is -6.89. The van der Waals surface area contributed by atoms with Crippen LogP contribution in [-0.2, 0) is 21.8 Å². The van der Waals surface area contributed by atoms with Crippen molar-refractivity contribution < 1.29 is 49.7 Å². The van der Waals surface area contributed by atoms with E-state index in [1.165, 1.54) is 65.4 Å². The van der Waals surface area contributed by atoms with Crippen molar-refractivity contribution in [2.24, 2.45) is 17.9 Å². The minimum Gasteiger partial charge on any atom is -0.489 e. The number of piperidine rings is 1. The zero-order valence-electron chi connectivity index (χ0n) is 38.4. The molecule has 70 heavy (non-hydrogen) atoms. The summed E-state index contributed by atoms with van der Waals surface area (Å²) in [5.74, 6) is -0.738. The van der Waals surface area contributed by atoms with Crippen LogP contribution in [0.15, 0.2) is 90.2 Å². The zero-order chi connectivity index (χ0) is 50.3. The fourth-order valence-corrected chi connectivity index (χ4v) is 10.2. The normalized spacial score (nSPS) is 17.9. The van der Waals surface area contributed by atoms with Gasteiger partial charge in [-0.1, -0.05) is 45.4 Å². The summed E-state index contributed by atoms with van der Waals surface area (Å²) >= 11 is 6.23. The molecule has 16 nitrogen and oxygen atoms in total. The summed E-state index contributed by atoms with van der Waals surface area (Å²) < 4.78 is 107. The van der Waals surface area contributed by atoms with Gasteiger partial charge < -0.3 is 38.7 Å². The lowest BCUT2D eigenvalue weighted by Gasteiger charge is -2.63. The van der Waals surface area contributed by atoms with Crippen molar-refractivity contribution in [3.8, 4) is 40.2 Å². The maximum atomic E-state index is 15.9. The molecule has 0 bridgehead atoms. The number of alkyl halides is 3. The van der Waals surface area contributed by atoms with Crippen LogP contribution in [0, 0.1) is 28.0 Å². The minimum absolute atomic E-state index is 0.0229. The second kappa shape index (κ2) is 19.1. The van der Waals surface area contributed by atoms with Crippen molar-refractivity contribution in [3.63, 3.8) is 0 Å².